The summed E-state index contributed by atoms with van der Waals surface area (Å²) in [5.74, 6) is 0. The van der Waals surface area contributed by atoms with E-state index in [1.165, 1.54) is 83.5 Å². The van der Waals surface area contributed by atoms with Crippen LogP contribution in [0.15, 0.2) is 24.3 Å². The third kappa shape index (κ3) is 17.5. The van der Waals surface area contributed by atoms with Crippen LogP contribution < -0.4 is 0 Å². The number of rotatable bonds is 14. The molecule has 0 spiro atoms. The summed E-state index contributed by atoms with van der Waals surface area (Å²) in [6, 6.07) is 0. The van der Waals surface area contributed by atoms with Crippen molar-refractivity contribution < 1.29 is 0 Å². The van der Waals surface area contributed by atoms with Gasteiger partial charge in [0.1, 0.15) is 0 Å². The predicted octanol–water partition coefficient (Wildman–Crippen LogP) is 7.21. The van der Waals surface area contributed by atoms with Crippen molar-refractivity contribution in [2.75, 3.05) is 0 Å². The number of hydrogen-bond acceptors (Lipinski definition) is 0. The maximum absolute atomic E-state index is 2.39. The monoisotopic (exact) mass is 264 g/mol. The molecule has 19 heavy (non-hydrogen) atoms. The minimum absolute atomic E-state index is 1.19. The van der Waals surface area contributed by atoms with Crippen LogP contribution >= 0.6 is 0 Å². The molecule has 0 heterocycles. The highest BCUT2D eigenvalue weighted by Crippen LogP contribution is 2.09. The lowest BCUT2D eigenvalue weighted by Gasteiger charge is -1.99. The summed E-state index contributed by atoms with van der Waals surface area (Å²) in [4.78, 5) is 0. The van der Waals surface area contributed by atoms with Gasteiger partial charge in [-0.1, -0.05) is 76.7 Å². The van der Waals surface area contributed by atoms with E-state index in [2.05, 4.69) is 38.2 Å². The van der Waals surface area contributed by atoms with E-state index in [0.717, 1.165) is 0 Å². The molecule has 0 heteroatoms. The molecule has 0 saturated heterocycles. The van der Waals surface area contributed by atoms with E-state index in [1.807, 2.05) is 0 Å². The summed E-state index contributed by atoms with van der Waals surface area (Å²) in [6.45, 7) is 4.47. The average Bonchev–Trinajstić information content (AvgIpc) is 2.43. The third-order valence-electron chi connectivity index (χ3n) is 3.53. The zero-order valence-electron chi connectivity index (χ0n) is 13.5. The fraction of sp³-hybridized carbons (Fsp3) is 0.789. The zero-order chi connectivity index (χ0) is 14.0. The maximum atomic E-state index is 2.39. The lowest BCUT2D eigenvalue weighted by molar-refractivity contribution is 0.599. The Hall–Kier alpha value is -0.520. The van der Waals surface area contributed by atoms with E-state index in [-0.39, 0.29) is 0 Å². The smallest absolute Gasteiger partial charge is 0.0351 e. The molecule has 0 nitrogen and oxygen atoms in total. The Labute approximate surface area is 122 Å². The first kappa shape index (κ1) is 18.5. The summed E-state index contributed by atoms with van der Waals surface area (Å²) in [5, 5.41) is 0. The van der Waals surface area contributed by atoms with Crippen molar-refractivity contribution in [3.63, 3.8) is 0 Å². The van der Waals surface area contributed by atoms with Gasteiger partial charge in [-0.2, -0.15) is 0 Å². The van der Waals surface area contributed by atoms with Gasteiger partial charge in [-0.15, -0.1) is 0 Å². The lowest BCUT2D eigenvalue weighted by atomic mass is 10.1. The van der Waals surface area contributed by atoms with Gasteiger partial charge in [-0.05, 0) is 44.9 Å². The van der Waals surface area contributed by atoms with Crippen LogP contribution in [0, 0.1) is 0 Å². The normalized spacial score (nSPS) is 11.9. The summed E-state index contributed by atoms with van der Waals surface area (Å²) < 4.78 is 0. The minimum Gasteiger partial charge on any atom is -0.0888 e. The largest absolute Gasteiger partial charge is 0.0888 e. The molecule has 0 aliphatic heterocycles. The summed E-state index contributed by atoms with van der Waals surface area (Å²) in [5.41, 5.74) is 0. The molecule has 0 fully saturated rings. The molecular weight excluding hydrogens is 228 g/mol. The van der Waals surface area contributed by atoms with Gasteiger partial charge in [0.25, 0.3) is 0 Å². The van der Waals surface area contributed by atoms with Gasteiger partial charge in [-0.25, -0.2) is 0 Å². The van der Waals surface area contributed by atoms with Gasteiger partial charge in [0.2, 0.25) is 0 Å². The molecule has 0 bridgehead atoms. The number of unbranched alkanes of at least 4 members (excludes halogenated alkanes) is 10. The van der Waals surface area contributed by atoms with Gasteiger partial charge in [0.15, 0.2) is 0 Å². The number of hydrogen-bond donors (Lipinski definition) is 0. The molecule has 0 aliphatic rings. The maximum Gasteiger partial charge on any atom is -0.0351 e. The van der Waals surface area contributed by atoms with Crippen molar-refractivity contribution in [1.82, 2.24) is 0 Å². The molecule has 0 atom stereocenters. The summed E-state index contributed by atoms with van der Waals surface area (Å²) in [6.07, 6.45) is 27.0. The van der Waals surface area contributed by atoms with E-state index in [4.69, 9.17) is 0 Å². The Morgan fingerprint density at radius 2 is 0.895 bits per heavy atom. The topological polar surface area (TPSA) is 0 Å². The van der Waals surface area contributed by atoms with Crippen molar-refractivity contribution in [2.24, 2.45) is 0 Å². The molecule has 0 aromatic rings. The Balaban J connectivity index is 3.04. The van der Waals surface area contributed by atoms with Crippen LogP contribution in [0.4, 0.5) is 0 Å². The van der Waals surface area contributed by atoms with Crippen LogP contribution in [-0.4, -0.2) is 0 Å². The van der Waals surface area contributed by atoms with Gasteiger partial charge in [-0.3, -0.25) is 0 Å². The summed E-state index contributed by atoms with van der Waals surface area (Å²) in [7, 11) is 0. The molecule has 0 rings (SSSR count). The first-order valence-electron chi connectivity index (χ1n) is 8.71. The molecule has 0 amide bonds. The second kappa shape index (κ2) is 17.5. The quantitative estimate of drug-likeness (QED) is 0.230. The Morgan fingerprint density at radius 3 is 1.37 bits per heavy atom. The molecule has 0 unspecified atom stereocenters. The van der Waals surface area contributed by atoms with Gasteiger partial charge >= 0.3 is 0 Å². The van der Waals surface area contributed by atoms with Gasteiger partial charge in [0.05, 0.1) is 0 Å². The van der Waals surface area contributed by atoms with Crippen molar-refractivity contribution in [3.8, 4) is 0 Å². The lowest BCUT2D eigenvalue weighted by Crippen LogP contribution is -1.79. The van der Waals surface area contributed by atoms with Crippen molar-refractivity contribution in [3.05, 3.63) is 24.3 Å². The third-order valence-corrected chi connectivity index (χ3v) is 3.53. The fourth-order valence-electron chi connectivity index (χ4n) is 2.26. The standard InChI is InChI=1S/C19H36/c1-3-5-7-9-11-13-15-17-19-18-16-14-12-10-8-6-4-2/h5,7,12,14H,3-4,6,8-11,13,15-19H2,1-2H3/b7-5+,14-12+. The first-order valence-corrected chi connectivity index (χ1v) is 8.71. The Bertz CT molecular complexity index is 200. The van der Waals surface area contributed by atoms with Crippen molar-refractivity contribution >= 4 is 0 Å². The van der Waals surface area contributed by atoms with Crippen LogP contribution in [0.2, 0.25) is 0 Å². The van der Waals surface area contributed by atoms with Crippen molar-refractivity contribution in [1.29, 1.82) is 0 Å². The molecule has 0 aromatic heterocycles. The molecule has 112 valence electrons. The average molecular weight is 264 g/mol. The van der Waals surface area contributed by atoms with Crippen LogP contribution in [-0.2, 0) is 0 Å². The molecule has 0 aromatic carbocycles. The Morgan fingerprint density at radius 1 is 0.474 bits per heavy atom. The van der Waals surface area contributed by atoms with E-state index in [1.54, 1.807) is 0 Å². The highest BCUT2D eigenvalue weighted by molar-refractivity contribution is 4.81. The second-order valence-electron chi connectivity index (χ2n) is 5.55. The van der Waals surface area contributed by atoms with E-state index in [9.17, 15) is 0 Å². The van der Waals surface area contributed by atoms with Gasteiger partial charge < -0.3 is 0 Å². The highest BCUT2D eigenvalue weighted by atomic mass is 14.0. The van der Waals surface area contributed by atoms with Crippen LogP contribution in [0.5, 0.6) is 0 Å². The first-order chi connectivity index (χ1) is 9.41. The van der Waals surface area contributed by atoms with E-state index in [0.29, 0.717) is 0 Å². The van der Waals surface area contributed by atoms with Crippen LogP contribution in [0.25, 0.3) is 0 Å². The molecule has 0 radical (unpaired) electrons. The minimum atomic E-state index is 1.19. The second-order valence-corrected chi connectivity index (χ2v) is 5.55. The predicted molar refractivity (Wildman–Crippen MR) is 89.6 cm³/mol. The molecule has 0 N–H and O–H groups in total. The molecular formula is C19H36. The Kier molecular flexibility index (Phi) is 17.0. The van der Waals surface area contributed by atoms with E-state index >= 15 is 0 Å². The van der Waals surface area contributed by atoms with Gasteiger partial charge in [0, 0.05) is 0 Å². The van der Waals surface area contributed by atoms with Crippen molar-refractivity contribution in [2.45, 2.75) is 97.3 Å². The highest BCUT2D eigenvalue weighted by Gasteiger charge is 1.90. The number of allylic oxidation sites excluding steroid dienone is 4. The zero-order valence-corrected chi connectivity index (χ0v) is 13.5. The summed E-state index contributed by atoms with van der Waals surface area (Å²) >= 11 is 0. The SMILES string of the molecule is CC/C=C/CCCCCCCC/C=C/CCCCC. The van der Waals surface area contributed by atoms with E-state index < -0.39 is 0 Å². The fourth-order valence-corrected chi connectivity index (χ4v) is 2.26. The molecule has 0 aliphatic carbocycles. The van der Waals surface area contributed by atoms with Crippen LogP contribution in [0.3, 0.4) is 0 Å². The van der Waals surface area contributed by atoms with Crippen LogP contribution in [0.1, 0.15) is 97.3 Å². The molecule has 0 saturated carbocycles.